The van der Waals surface area contributed by atoms with Crippen molar-refractivity contribution in [2.75, 3.05) is 0 Å². The van der Waals surface area contributed by atoms with E-state index < -0.39 is 5.97 Å². The maximum absolute atomic E-state index is 10.5. The highest BCUT2D eigenvalue weighted by Crippen LogP contribution is 2.42. The van der Waals surface area contributed by atoms with Crippen molar-refractivity contribution >= 4 is 5.97 Å². The third-order valence-electron chi connectivity index (χ3n) is 3.50. The monoisotopic (exact) mass is 210 g/mol. The molecule has 15 heavy (non-hydrogen) atoms. The van der Waals surface area contributed by atoms with Crippen molar-refractivity contribution in [1.82, 2.24) is 0 Å². The molecule has 1 rings (SSSR count). The van der Waals surface area contributed by atoms with Gasteiger partial charge in [0.2, 0.25) is 0 Å². The van der Waals surface area contributed by atoms with E-state index in [1.807, 2.05) is 0 Å². The molecule has 0 bridgehead atoms. The van der Waals surface area contributed by atoms with E-state index >= 15 is 0 Å². The van der Waals surface area contributed by atoms with E-state index in [0.29, 0.717) is 11.8 Å². The predicted molar refractivity (Wildman–Crippen MR) is 61.8 cm³/mol. The highest BCUT2D eigenvalue weighted by atomic mass is 16.4. The maximum Gasteiger partial charge on any atom is 0.303 e. The van der Waals surface area contributed by atoms with Crippen LogP contribution in [0.4, 0.5) is 0 Å². The third-order valence-corrected chi connectivity index (χ3v) is 3.50. The molecule has 0 aliphatic heterocycles. The fraction of sp³-hybridized carbons (Fsp3) is 0.769. The van der Waals surface area contributed by atoms with Crippen LogP contribution in [0.15, 0.2) is 11.1 Å². The van der Waals surface area contributed by atoms with Gasteiger partial charge in [-0.05, 0) is 44.4 Å². The lowest BCUT2D eigenvalue weighted by Gasteiger charge is -2.34. The Balaban J connectivity index is 2.60. The Morgan fingerprint density at radius 3 is 2.67 bits per heavy atom. The van der Waals surface area contributed by atoms with Gasteiger partial charge in [0, 0.05) is 6.42 Å². The zero-order valence-electron chi connectivity index (χ0n) is 10.1. The van der Waals surface area contributed by atoms with Gasteiger partial charge in [0.1, 0.15) is 0 Å². The number of carbonyl (C=O) groups is 1. The van der Waals surface area contributed by atoms with E-state index in [1.165, 1.54) is 30.4 Å². The molecule has 86 valence electrons. The van der Waals surface area contributed by atoms with E-state index in [1.54, 1.807) is 0 Å². The summed E-state index contributed by atoms with van der Waals surface area (Å²) in [6.07, 6.45) is 5.77. The molecule has 1 aliphatic rings. The molecule has 0 radical (unpaired) electrons. The highest BCUT2D eigenvalue weighted by Gasteiger charge is 2.27. The molecular weight excluding hydrogens is 188 g/mol. The zero-order chi connectivity index (χ0) is 11.5. The Morgan fingerprint density at radius 1 is 1.47 bits per heavy atom. The second-order valence-electron chi connectivity index (χ2n) is 5.24. The molecule has 0 heterocycles. The predicted octanol–water partition coefficient (Wildman–Crippen LogP) is 3.77. The van der Waals surface area contributed by atoms with Crippen molar-refractivity contribution in [1.29, 1.82) is 0 Å². The number of hydrogen-bond donors (Lipinski definition) is 1. The zero-order valence-corrected chi connectivity index (χ0v) is 10.1. The van der Waals surface area contributed by atoms with E-state index in [-0.39, 0.29) is 0 Å². The summed E-state index contributed by atoms with van der Waals surface area (Å²) in [5.74, 6) is -0.679. The molecular formula is C13H22O2. The summed E-state index contributed by atoms with van der Waals surface area (Å²) < 4.78 is 0. The number of hydrogen-bond acceptors (Lipinski definition) is 1. The first-order valence-electron chi connectivity index (χ1n) is 5.84. The van der Waals surface area contributed by atoms with Crippen molar-refractivity contribution in [3.8, 4) is 0 Å². The summed E-state index contributed by atoms with van der Waals surface area (Å²) in [5.41, 5.74) is 3.30. The van der Waals surface area contributed by atoms with Crippen LogP contribution >= 0.6 is 0 Å². The maximum atomic E-state index is 10.5. The molecule has 0 atom stereocenters. The largest absolute Gasteiger partial charge is 0.481 e. The third kappa shape index (κ3) is 3.37. The smallest absolute Gasteiger partial charge is 0.303 e. The van der Waals surface area contributed by atoms with Crippen LogP contribution in [-0.4, -0.2) is 11.1 Å². The second-order valence-corrected chi connectivity index (χ2v) is 5.24. The topological polar surface area (TPSA) is 37.3 Å². The van der Waals surface area contributed by atoms with E-state index in [4.69, 9.17) is 5.11 Å². The highest BCUT2D eigenvalue weighted by molar-refractivity contribution is 5.66. The van der Waals surface area contributed by atoms with E-state index in [2.05, 4.69) is 20.8 Å². The van der Waals surface area contributed by atoms with Gasteiger partial charge in [-0.15, -0.1) is 0 Å². The van der Waals surface area contributed by atoms with Crippen molar-refractivity contribution in [3.63, 3.8) is 0 Å². The van der Waals surface area contributed by atoms with Gasteiger partial charge in [-0.2, -0.15) is 0 Å². The Morgan fingerprint density at radius 2 is 2.13 bits per heavy atom. The van der Waals surface area contributed by atoms with Crippen molar-refractivity contribution < 1.29 is 9.90 Å². The minimum Gasteiger partial charge on any atom is -0.481 e. The van der Waals surface area contributed by atoms with Crippen LogP contribution in [0.1, 0.15) is 59.3 Å². The Labute approximate surface area is 92.4 Å². The van der Waals surface area contributed by atoms with Gasteiger partial charge < -0.3 is 5.11 Å². The van der Waals surface area contributed by atoms with Crippen LogP contribution in [0.3, 0.4) is 0 Å². The van der Waals surface area contributed by atoms with Crippen LogP contribution < -0.4 is 0 Å². The van der Waals surface area contributed by atoms with Gasteiger partial charge in [-0.3, -0.25) is 4.79 Å². The van der Waals surface area contributed by atoms with E-state index in [0.717, 1.165) is 12.8 Å². The van der Waals surface area contributed by atoms with Crippen LogP contribution in [-0.2, 0) is 4.79 Å². The number of carboxylic acid groups (broad SMARTS) is 1. The van der Waals surface area contributed by atoms with E-state index in [9.17, 15) is 4.79 Å². The molecule has 0 aromatic carbocycles. The SMILES string of the molecule is CC1=C(CCCC(=O)O)C(C)(C)CCC1. The summed E-state index contributed by atoms with van der Waals surface area (Å²) >= 11 is 0. The first-order chi connectivity index (χ1) is 6.93. The Bertz CT molecular complexity index is 274. The Hall–Kier alpha value is -0.790. The summed E-state index contributed by atoms with van der Waals surface area (Å²) in [5, 5.41) is 8.62. The number of rotatable bonds is 4. The number of carboxylic acids is 1. The van der Waals surface area contributed by atoms with Gasteiger partial charge in [-0.1, -0.05) is 25.0 Å². The average molecular weight is 210 g/mol. The molecule has 2 nitrogen and oxygen atoms in total. The van der Waals surface area contributed by atoms with Gasteiger partial charge in [0.05, 0.1) is 0 Å². The minimum atomic E-state index is -0.679. The first-order valence-corrected chi connectivity index (χ1v) is 5.84. The summed E-state index contributed by atoms with van der Waals surface area (Å²) in [6.45, 7) is 6.77. The molecule has 0 saturated heterocycles. The van der Waals surface area contributed by atoms with Crippen LogP contribution in [0.25, 0.3) is 0 Å². The van der Waals surface area contributed by atoms with Crippen molar-refractivity contribution in [3.05, 3.63) is 11.1 Å². The summed E-state index contributed by atoms with van der Waals surface area (Å²) in [7, 11) is 0. The van der Waals surface area contributed by atoms with Crippen LogP contribution in [0.2, 0.25) is 0 Å². The van der Waals surface area contributed by atoms with Gasteiger partial charge in [0.15, 0.2) is 0 Å². The minimum absolute atomic E-state index is 0.292. The molecule has 0 unspecified atom stereocenters. The average Bonchev–Trinajstić information content (AvgIpc) is 2.09. The number of aliphatic carboxylic acids is 1. The fourth-order valence-electron chi connectivity index (χ4n) is 2.64. The van der Waals surface area contributed by atoms with Crippen molar-refractivity contribution in [2.45, 2.75) is 59.3 Å². The van der Waals surface area contributed by atoms with Crippen molar-refractivity contribution in [2.24, 2.45) is 5.41 Å². The lowest BCUT2D eigenvalue weighted by atomic mass is 9.71. The van der Waals surface area contributed by atoms with Gasteiger partial charge in [0.25, 0.3) is 0 Å². The molecule has 0 amide bonds. The molecule has 2 heteroatoms. The fourth-order valence-corrected chi connectivity index (χ4v) is 2.64. The Kier molecular flexibility index (Phi) is 3.95. The second kappa shape index (κ2) is 4.82. The molecule has 1 aliphatic carbocycles. The molecule has 0 aromatic rings. The normalized spacial score (nSPS) is 20.5. The quantitative estimate of drug-likeness (QED) is 0.717. The van der Waals surface area contributed by atoms with Gasteiger partial charge in [-0.25, -0.2) is 0 Å². The molecule has 0 spiro atoms. The van der Waals surface area contributed by atoms with Crippen LogP contribution in [0, 0.1) is 5.41 Å². The first kappa shape index (κ1) is 12.3. The molecule has 0 aromatic heterocycles. The lowest BCUT2D eigenvalue weighted by Crippen LogP contribution is -2.20. The lowest BCUT2D eigenvalue weighted by molar-refractivity contribution is -0.137. The molecule has 1 N–H and O–H groups in total. The summed E-state index contributed by atoms with van der Waals surface area (Å²) in [4.78, 5) is 10.5. The summed E-state index contributed by atoms with van der Waals surface area (Å²) in [6, 6.07) is 0. The van der Waals surface area contributed by atoms with Crippen LogP contribution in [0.5, 0.6) is 0 Å². The van der Waals surface area contributed by atoms with Gasteiger partial charge >= 0.3 is 5.97 Å². The molecule has 0 fully saturated rings. The standard InChI is InChI=1S/C13H22O2/c1-10-6-5-9-13(2,3)11(10)7-4-8-12(14)15/h4-9H2,1-3H3,(H,14,15). The molecule has 0 saturated carbocycles. The number of allylic oxidation sites excluding steroid dienone is 2.